The van der Waals surface area contributed by atoms with E-state index >= 15 is 0 Å². The molecule has 7 nitrogen and oxygen atoms in total. The van der Waals surface area contributed by atoms with Gasteiger partial charge in [-0.15, -0.1) is 4.37 Å². The topological polar surface area (TPSA) is 87.6 Å². The molecule has 0 amide bonds. The van der Waals surface area contributed by atoms with E-state index in [4.69, 9.17) is 14.2 Å². The van der Waals surface area contributed by atoms with E-state index in [0.717, 1.165) is 23.5 Å². The highest BCUT2D eigenvalue weighted by molar-refractivity contribution is 6.98. The van der Waals surface area contributed by atoms with Gasteiger partial charge in [0, 0.05) is 0 Å². The van der Waals surface area contributed by atoms with Crippen LogP contribution in [-0.4, -0.2) is 14.9 Å². The molecule has 0 aliphatic heterocycles. The number of aromatic nitrogens is 2. The maximum Gasteiger partial charge on any atom is 0.514 e. The van der Waals surface area contributed by atoms with E-state index in [1.165, 1.54) is 12.1 Å². The highest BCUT2D eigenvalue weighted by Gasteiger charge is 2.08. The summed E-state index contributed by atoms with van der Waals surface area (Å²) in [4.78, 5) is 23.2. The summed E-state index contributed by atoms with van der Waals surface area (Å²) in [6.07, 6.45) is 0.324. The molecule has 0 aliphatic carbocycles. The van der Waals surface area contributed by atoms with Crippen molar-refractivity contribution in [2.24, 2.45) is 0 Å². The second-order valence-electron chi connectivity index (χ2n) is 4.78. The van der Waals surface area contributed by atoms with E-state index in [2.05, 4.69) is 8.75 Å². The molecule has 1 heterocycles. The number of hydrogen-bond acceptors (Lipinski definition) is 8. The molecule has 0 saturated carbocycles. The van der Waals surface area contributed by atoms with E-state index in [9.17, 15) is 9.59 Å². The third-order valence-electron chi connectivity index (χ3n) is 2.99. The monoisotopic (exact) mass is 356 g/mol. The molecule has 25 heavy (non-hydrogen) atoms. The van der Waals surface area contributed by atoms with Crippen molar-refractivity contribution in [3.63, 3.8) is 0 Å². The van der Waals surface area contributed by atoms with Crippen LogP contribution in [0.1, 0.15) is 5.56 Å². The van der Waals surface area contributed by atoms with Crippen LogP contribution in [0.25, 0.3) is 0 Å². The average Bonchev–Trinajstić information content (AvgIpc) is 2.64. The third kappa shape index (κ3) is 4.85. The number of ether oxygens (including phenoxy) is 3. The van der Waals surface area contributed by atoms with Crippen LogP contribution in [0.4, 0.5) is 4.79 Å². The van der Waals surface area contributed by atoms with Gasteiger partial charge in [0.25, 0.3) is 11.3 Å². The fourth-order valence-corrected chi connectivity index (χ4v) is 2.22. The van der Waals surface area contributed by atoms with E-state index < -0.39 is 11.6 Å². The normalized spacial score (nSPS) is 10.1. The first-order valence-electron chi connectivity index (χ1n) is 7.19. The lowest BCUT2D eigenvalue weighted by Gasteiger charge is -2.07. The molecular formula is C17H12N2O5S. The van der Waals surface area contributed by atoms with E-state index in [-0.39, 0.29) is 12.5 Å². The standard InChI is InChI=1S/C17H12N2O5S/c20-15-10-18-25-19-16(15)23-13-6-8-14(9-7-13)24-17(21)22-11-12-4-2-1-3-5-12/h1-10H,11H2. The number of hydrogen-bond donors (Lipinski definition) is 0. The first-order chi connectivity index (χ1) is 12.2. The first-order valence-corrected chi connectivity index (χ1v) is 7.92. The molecule has 0 radical (unpaired) electrons. The van der Waals surface area contributed by atoms with Crippen LogP contribution in [0.5, 0.6) is 17.4 Å². The van der Waals surface area contributed by atoms with Gasteiger partial charge >= 0.3 is 6.16 Å². The van der Waals surface area contributed by atoms with Gasteiger partial charge in [-0.2, -0.15) is 4.37 Å². The lowest BCUT2D eigenvalue weighted by atomic mass is 10.2. The molecule has 0 spiro atoms. The van der Waals surface area contributed by atoms with E-state index in [1.807, 2.05) is 30.3 Å². The minimum atomic E-state index is -0.808. The van der Waals surface area contributed by atoms with Crippen molar-refractivity contribution in [2.45, 2.75) is 6.61 Å². The minimum Gasteiger partial charge on any atom is -0.435 e. The Balaban J connectivity index is 1.54. The molecule has 0 unspecified atom stereocenters. The fourth-order valence-electron chi connectivity index (χ4n) is 1.83. The second-order valence-corrected chi connectivity index (χ2v) is 5.33. The van der Waals surface area contributed by atoms with Gasteiger partial charge in [0.05, 0.1) is 17.9 Å². The Morgan fingerprint density at radius 3 is 2.44 bits per heavy atom. The van der Waals surface area contributed by atoms with Crippen LogP contribution in [0.3, 0.4) is 0 Å². The molecule has 2 aromatic carbocycles. The Hall–Kier alpha value is -3.26. The van der Waals surface area contributed by atoms with Gasteiger partial charge in [-0.25, -0.2) is 4.79 Å². The number of nitrogens with zero attached hydrogens (tertiary/aromatic N) is 2. The molecule has 0 N–H and O–H groups in total. The predicted octanol–water partition coefficient (Wildman–Crippen LogP) is 3.41. The third-order valence-corrected chi connectivity index (χ3v) is 3.44. The largest absolute Gasteiger partial charge is 0.514 e. The predicted molar refractivity (Wildman–Crippen MR) is 90.0 cm³/mol. The molecule has 1 aromatic heterocycles. The van der Waals surface area contributed by atoms with E-state index in [0.29, 0.717) is 11.5 Å². The highest BCUT2D eigenvalue weighted by Crippen LogP contribution is 2.21. The molecule has 8 heteroatoms. The summed E-state index contributed by atoms with van der Waals surface area (Å²) in [5, 5.41) is 0. The Morgan fingerprint density at radius 1 is 1.00 bits per heavy atom. The summed E-state index contributed by atoms with van der Waals surface area (Å²) in [5.41, 5.74) is 0.450. The zero-order valence-corrected chi connectivity index (χ0v) is 13.6. The summed E-state index contributed by atoms with van der Waals surface area (Å²) >= 11 is 0.867. The maximum absolute atomic E-state index is 11.7. The van der Waals surface area contributed by atoms with Crippen LogP contribution < -0.4 is 14.9 Å². The van der Waals surface area contributed by atoms with E-state index in [1.54, 1.807) is 12.1 Å². The summed E-state index contributed by atoms with van der Waals surface area (Å²) in [5.74, 6) is 0.613. The fraction of sp³-hybridized carbons (Fsp3) is 0.0588. The Bertz CT molecular complexity index is 897. The van der Waals surface area contributed by atoms with Gasteiger partial charge in [-0.05, 0) is 29.8 Å². The Kier molecular flexibility index (Phi) is 5.32. The average molecular weight is 356 g/mol. The molecule has 3 rings (SSSR count). The van der Waals surface area contributed by atoms with Crippen LogP contribution in [0.15, 0.2) is 65.6 Å². The molecule has 0 atom stereocenters. The number of carbonyl (C=O) groups is 1. The van der Waals surface area contributed by atoms with Gasteiger partial charge in [0.15, 0.2) is 0 Å². The molecule has 0 aliphatic rings. The lowest BCUT2D eigenvalue weighted by Crippen LogP contribution is -2.10. The Morgan fingerprint density at radius 2 is 1.72 bits per heavy atom. The van der Waals surface area contributed by atoms with Crippen molar-refractivity contribution in [1.29, 1.82) is 0 Å². The Labute approximate surface area is 146 Å². The molecule has 0 fully saturated rings. The van der Waals surface area contributed by atoms with Crippen LogP contribution >= 0.6 is 11.7 Å². The van der Waals surface area contributed by atoms with Gasteiger partial charge in [-0.3, -0.25) is 4.79 Å². The number of carbonyl (C=O) groups excluding carboxylic acids is 1. The maximum atomic E-state index is 11.7. The summed E-state index contributed by atoms with van der Waals surface area (Å²) in [7, 11) is 0. The molecular weight excluding hydrogens is 344 g/mol. The quantitative estimate of drug-likeness (QED) is 0.511. The minimum absolute atomic E-state index is 0.0593. The molecule has 0 bridgehead atoms. The summed E-state index contributed by atoms with van der Waals surface area (Å²) in [6, 6.07) is 15.4. The van der Waals surface area contributed by atoms with Crippen molar-refractivity contribution in [3.05, 3.63) is 76.6 Å². The van der Waals surface area contributed by atoms with Crippen molar-refractivity contribution in [3.8, 4) is 17.4 Å². The lowest BCUT2D eigenvalue weighted by molar-refractivity contribution is 0.0927. The SMILES string of the molecule is O=C(OCc1ccccc1)Oc1ccc(Oc2nsncc2=O)cc1. The van der Waals surface area contributed by atoms with Crippen molar-refractivity contribution in [1.82, 2.24) is 8.75 Å². The second kappa shape index (κ2) is 8.02. The zero-order valence-electron chi connectivity index (χ0n) is 12.8. The number of rotatable bonds is 5. The van der Waals surface area contributed by atoms with Crippen LogP contribution in [0, 0.1) is 0 Å². The van der Waals surface area contributed by atoms with Crippen LogP contribution in [-0.2, 0) is 11.3 Å². The molecule has 126 valence electrons. The van der Waals surface area contributed by atoms with Gasteiger partial charge in [0.2, 0.25) is 0 Å². The summed E-state index contributed by atoms with van der Waals surface area (Å²) < 4.78 is 22.9. The highest BCUT2D eigenvalue weighted by atomic mass is 32.1. The smallest absolute Gasteiger partial charge is 0.435 e. The summed E-state index contributed by atoms with van der Waals surface area (Å²) in [6.45, 7) is 0.127. The van der Waals surface area contributed by atoms with Crippen molar-refractivity contribution >= 4 is 17.9 Å². The molecule has 0 saturated heterocycles. The number of benzene rings is 2. The van der Waals surface area contributed by atoms with Gasteiger partial charge in [0.1, 0.15) is 18.1 Å². The van der Waals surface area contributed by atoms with Crippen LogP contribution in [0.2, 0.25) is 0 Å². The van der Waals surface area contributed by atoms with Crippen molar-refractivity contribution in [2.75, 3.05) is 0 Å². The van der Waals surface area contributed by atoms with Gasteiger partial charge in [-0.1, -0.05) is 30.3 Å². The first kappa shape index (κ1) is 16.6. The van der Waals surface area contributed by atoms with Crippen molar-refractivity contribution < 1.29 is 19.0 Å². The van der Waals surface area contributed by atoms with Gasteiger partial charge < -0.3 is 14.2 Å². The molecule has 3 aromatic rings. The zero-order chi connectivity index (χ0) is 17.5.